The van der Waals surface area contributed by atoms with Crippen molar-refractivity contribution in [2.75, 3.05) is 0 Å². The van der Waals surface area contributed by atoms with E-state index in [1.54, 1.807) is 6.07 Å². The predicted molar refractivity (Wildman–Crippen MR) is 86.2 cm³/mol. The van der Waals surface area contributed by atoms with Crippen molar-refractivity contribution in [3.63, 3.8) is 0 Å². The molecule has 0 aliphatic carbocycles. The Balaban J connectivity index is 1.96. The molecule has 0 aliphatic heterocycles. The summed E-state index contributed by atoms with van der Waals surface area (Å²) in [4.78, 5) is 3.97. The summed E-state index contributed by atoms with van der Waals surface area (Å²) in [6.45, 7) is 1.93. The third kappa shape index (κ3) is 3.12. The quantitative estimate of drug-likeness (QED) is 0.752. The summed E-state index contributed by atoms with van der Waals surface area (Å²) < 4.78 is 14.2. The zero-order chi connectivity index (χ0) is 14.8. The van der Waals surface area contributed by atoms with Crippen LogP contribution >= 0.6 is 11.8 Å². The fourth-order valence-corrected chi connectivity index (χ4v) is 3.40. The molecule has 0 spiro atoms. The predicted octanol–water partition coefficient (Wildman–Crippen LogP) is 4.35. The molecule has 0 bridgehead atoms. The molecule has 3 aromatic rings. The third-order valence-corrected chi connectivity index (χ3v) is 4.41. The maximum Gasteiger partial charge on any atom is 0.137 e. The first kappa shape index (κ1) is 14.2. The fraction of sp³-hybridized carbons (Fsp3) is 0.176. The Morgan fingerprint density at radius 1 is 1.19 bits per heavy atom. The van der Waals surface area contributed by atoms with Crippen molar-refractivity contribution in [3.05, 3.63) is 59.9 Å². The van der Waals surface area contributed by atoms with Crippen molar-refractivity contribution in [2.24, 2.45) is 5.73 Å². The van der Waals surface area contributed by atoms with E-state index in [0.717, 1.165) is 21.5 Å². The van der Waals surface area contributed by atoms with Crippen molar-refractivity contribution in [3.8, 4) is 0 Å². The third-order valence-electron chi connectivity index (χ3n) is 3.31. The van der Waals surface area contributed by atoms with Gasteiger partial charge in [-0.25, -0.2) is 4.39 Å². The van der Waals surface area contributed by atoms with Crippen LogP contribution in [0.25, 0.3) is 10.9 Å². The zero-order valence-corrected chi connectivity index (χ0v) is 12.6. The summed E-state index contributed by atoms with van der Waals surface area (Å²) >= 11 is 1.42. The van der Waals surface area contributed by atoms with Crippen LogP contribution < -0.4 is 5.73 Å². The van der Waals surface area contributed by atoms with E-state index in [9.17, 15) is 4.39 Å². The molecule has 21 heavy (non-hydrogen) atoms. The molecule has 0 aliphatic rings. The summed E-state index contributed by atoms with van der Waals surface area (Å²) in [5.74, 6) is -0.197. The zero-order valence-electron chi connectivity index (χ0n) is 11.8. The number of para-hydroxylation sites is 1. The van der Waals surface area contributed by atoms with Crippen LogP contribution in [0, 0.1) is 5.82 Å². The molecule has 1 heterocycles. The van der Waals surface area contributed by atoms with Crippen molar-refractivity contribution < 1.29 is 4.39 Å². The molecule has 0 fully saturated rings. The minimum Gasteiger partial charge on any atom is -0.349 e. The number of benzene rings is 2. The standard InChI is InChI=1S/C17H17FN2S/c1-11(19)9-13-6-4-7-14(18)17(13)21-16-10-12-5-2-3-8-15(12)20-16/h2-8,10-11,20H,9,19H2,1H3. The lowest BCUT2D eigenvalue weighted by molar-refractivity contribution is 0.592. The monoisotopic (exact) mass is 300 g/mol. The number of hydrogen-bond acceptors (Lipinski definition) is 2. The van der Waals surface area contributed by atoms with E-state index in [2.05, 4.69) is 4.98 Å². The van der Waals surface area contributed by atoms with Gasteiger partial charge >= 0.3 is 0 Å². The van der Waals surface area contributed by atoms with Gasteiger partial charge in [0.25, 0.3) is 0 Å². The molecule has 3 rings (SSSR count). The summed E-state index contributed by atoms with van der Waals surface area (Å²) in [6, 6.07) is 15.3. The normalized spacial score (nSPS) is 12.7. The van der Waals surface area contributed by atoms with E-state index < -0.39 is 0 Å². The first-order valence-electron chi connectivity index (χ1n) is 6.92. The molecule has 0 saturated carbocycles. The average molecular weight is 300 g/mol. The van der Waals surface area contributed by atoms with E-state index in [1.807, 2.05) is 43.3 Å². The maximum atomic E-state index is 14.2. The highest BCUT2D eigenvalue weighted by Crippen LogP contribution is 2.34. The fourth-order valence-electron chi connectivity index (χ4n) is 2.39. The Morgan fingerprint density at radius 2 is 2.00 bits per heavy atom. The number of hydrogen-bond donors (Lipinski definition) is 2. The molecule has 108 valence electrons. The molecule has 2 aromatic carbocycles. The van der Waals surface area contributed by atoms with Crippen LogP contribution in [0.4, 0.5) is 4.39 Å². The second kappa shape index (κ2) is 5.92. The first-order chi connectivity index (χ1) is 10.1. The summed E-state index contributed by atoms with van der Waals surface area (Å²) in [6.07, 6.45) is 0.667. The molecule has 0 saturated heterocycles. The number of aromatic amines is 1. The van der Waals surface area contributed by atoms with E-state index >= 15 is 0 Å². The van der Waals surface area contributed by atoms with Gasteiger partial charge in [-0.3, -0.25) is 0 Å². The van der Waals surface area contributed by atoms with E-state index in [0.29, 0.717) is 11.3 Å². The lowest BCUT2D eigenvalue weighted by Gasteiger charge is -2.11. The number of H-pyrrole nitrogens is 1. The molecule has 1 aromatic heterocycles. The lowest BCUT2D eigenvalue weighted by atomic mass is 10.1. The van der Waals surface area contributed by atoms with E-state index in [1.165, 1.54) is 17.8 Å². The summed E-state index contributed by atoms with van der Waals surface area (Å²) in [5.41, 5.74) is 7.87. The van der Waals surface area contributed by atoms with Crippen molar-refractivity contribution in [1.29, 1.82) is 0 Å². The molecule has 4 heteroatoms. The number of aromatic nitrogens is 1. The van der Waals surface area contributed by atoms with Gasteiger partial charge in [-0.15, -0.1) is 0 Å². The van der Waals surface area contributed by atoms with Crippen LogP contribution in [0.3, 0.4) is 0 Å². The van der Waals surface area contributed by atoms with Crippen molar-refractivity contribution in [1.82, 2.24) is 4.98 Å². The first-order valence-corrected chi connectivity index (χ1v) is 7.73. The number of nitrogens with one attached hydrogen (secondary N) is 1. The molecular formula is C17H17FN2S. The van der Waals surface area contributed by atoms with Gasteiger partial charge in [0.2, 0.25) is 0 Å². The van der Waals surface area contributed by atoms with Crippen molar-refractivity contribution >= 4 is 22.7 Å². The largest absolute Gasteiger partial charge is 0.349 e. The Kier molecular flexibility index (Phi) is 3.99. The molecular weight excluding hydrogens is 283 g/mol. The van der Waals surface area contributed by atoms with Gasteiger partial charge in [0.05, 0.1) is 9.92 Å². The van der Waals surface area contributed by atoms with Gasteiger partial charge in [-0.1, -0.05) is 42.1 Å². The summed E-state index contributed by atoms with van der Waals surface area (Å²) in [5, 5.41) is 2.07. The van der Waals surface area contributed by atoms with Gasteiger partial charge in [-0.05, 0) is 37.1 Å². The van der Waals surface area contributed by atoms with Gasteiger partial charge in [-0.2, -0.15) is 0 Å². The Bertz CT molecular complexity index is 731. The highest BCUT2D eigenvalue weighted by molar-refractivity contribution is 7.99. The van der Waals surface area contributed by atoms with Crippen LogP contribution in [0.15, 0.2) is 58.5 Å². The molecule has 3 N–H and O–H groups in total. The van der Waals surface area contributed by atoms with Crippen LogP contribution in [0.1, 0.15) is 12.5 Å². The molecule has 2 nitrogen and oxygen atoms in total. The van der Waals surface area contributed by atoms with Crippen LogP contribution in [0.5, 0.6) is 0 Å². The highest BCUT2D eigenvalue weighted by atomic mass is 32.2. The smallest absolute Gasteiger partial charge is 0.137 e. The molecule has 1 unspecified atom stereocenters. The van der Waals surface area contributed by atoms with Crippen LogP contribution in [0.2, 0.25) is 0 Å². The average Bonchev–Trinajstić information content (AvgIpc) is 2.84. The second-order valence-corrected chi connectivity index (χ2v) is 6.28. The minimum absolute atomic E-state index is 0.00821. The number of rotatable bonds is 4. The Morgan fingerprint density at radius 3 is 2.76 bits per heavy atom. The Labute approximate surface area is 127 Å². The second-order valence-electron chi connectivity index (χ2n) is 5.23. The topological polar surface area (TPSA) is 41.8 Å². The van der Waals surface area contributed by atoms with Gasteiger partial charge < -0.3 is 10.7 Å². The van der Waals surface area contributed by atoms with E-state index in [-0.39, 0.29) is 11.9 Å². The van der Waals surface area contributed by atoms with E-state index in [4.69, 9.17) is 5.73 Å². The molecule has 1 atom stereocenters. The van der Waals surface area contributed by atoms with Gasteiger partial charge in [0.15, 0.2) is 0 Å². The minimum atomic E-state index is -0.197. The van der Waals surface area contributed by atoms with Crippen LogP contribution in [-0.4, -0.2) is 11.0 Å². The highest BCUT2D eigenvalue weighted by Gasteiger charge is 2.13. The van der Waals surface area contributed by atoms with Crippen LogP contribution in [-0.2, 0) is 6.42 Å². The van der Waals surface area contributed by atoms with Crippen molar-refractivity contribution in [2.45, 2.75) is 29.3 Å². The number of fused-ring (bicyclic) bond motifs is 1. The van der Waals surface area contributed by atoms with Gasteiger partial charge in [0.1, 0.15) is 5.82 Å². The Hall–Kier alpha value is -1.78. The number of nitrogens with two attached hydrogens (primary N) is 1. The SMILES string of the molecule is CC(N)Cc1cccc(F)c1Sc1cc2ccccc2[nH]1. The summed E-state index contributed by atoms with van der Waals surface area (Å²) in [7, 11) is 0. The maximum absolute atomic E-state index is 14.2. The van der Waals surface area contributed by atoms with Gasteiger partial charge in [0, 0.05) is 16.9 Å². The molecule has 0 amide bonds. The number of halogens is 1. The lowest BCUT2D eigenvalue weighted by Crippen LogP contribution is -2.18. The molecule has 0 radical (unpaired) electrons.